The highest BCUT2D eigenvalue weighted by Crippen LogP contribution is 2.23. The summed E-state index contributed by atoms with van der Waals surface area (Å²) in [5, 5.41) is 3.73. The van der Waals surface area contributed by atoms with Crippen LogP contribution in [0.1, 0.15) is 29.8 Å². The van der Waals surface area contributed by atoms with E-state index in [1.54, 1.807) is 18.5 Å². The SMILES string of the molecule is Cc1[nH]c2ccc(F)cc2c1CC(=O)NC(C)c1ccncc1. The molecule has 5 heteroatoms. The van der Waals surface area contributed by atoms with Gasteiger partial charge in [-0.25, -0.2) is 4.39 Å². The third-order valence-corrected chi connectivity index (χ3v) is 4.00. The molecule has 3 aromatic rings. The third-order valence-electron chi connectivity index (χ3n) is 4.00. The maximum Gasteiger partial charge on any atom is 0.224 e. The average molecular weight is 311 g/mol. The summed E-state index contributed by atoms with van der Waals surface area (Å²) in [4.78, 5) is 19.5. The number of fused-ring (bicyclic) bond motifs is 1. The van der Waals surface area contributed by atoms with Crippen molar-refractivity contribution >= 4 is 16.8 Å². The van der Waals surface area contributed by atoms with E-state index in [2.05, 4.69) is 15.3 Å². The van der Waals surface area contributed by atoms with Crippen LogP contribution in [0, 0.1) is 12.7 Å². The molecule has 0 aliphatic heterocycles. The summed E-state index contributed by atoms with van der Waals surface area (Å²) < 4.78 is 13.5. The van der Waals surface area contributed by atoms with Crippen molar-refractivity contribution in [1.82, 2.24) is 15.3 Å². The average Bonchev–Trinajstić information content (AvgIpc) is 2.84. The first-order valence-corrected chi connectivity index (χ1v) is 7.50. The van der Waals surface area contributed by atoms with E-state index in [1.165, 1.54) is 12.1 Å². The summed E-state index contributed by atoms with van der Waals surface area (Å²) in [7, 11) is 0. The predicted octanol–water partition coefficient (Wildman–Crippen LogP) is 3.43. The van der Waals surface area contributed by atoms with Crippen LogP contribution in [0.25, 0.3) is 10.9 Å². The minimum atomic E-state index is -0.302. The van der Waals surface area contributed by atoms with E-state index in [0.29, 0.717) is 0 Å². The van der Waals surface area contributed by atoms with Gasteiger partial charge in [-0.2, -0.15) is 0 Å². The number of benzene rings is 1. The molecule has 2 N–H and O–H groups in total. The number of pyridine rings is 1. The number of H-pyrrole nitrogens is 1. The monoisotopic (exact) mass is 311 g/mol. The van der Waals surface area contributed by atoms with Gasteiger partial charge in [-0.3, -0.25) is 9.78 Å². The molecule has 2 aromatic heterocycles. The molecule has 0 spiro atoms. The minimum absolute atomic E-state index is 0.0948. The van der Waals surface area contributed by atoms with Gasteiger partial charge in [0.15, 0.2) is 0 Å². The molecule has 1 unspecified atom stereocenters. The molecule has 118 valence electrons. The van der Waals surface area contributed by atoms with Crippen LogP contribution < -0.4 is 5.32 Å². The van der Waals surface area contributed by atoms with Crippen molar-refractivity contribution in [3.63, 3.8) is 0 Å². The molecule has 0 saturated heterocycles. The summed E-state index contributed by atoms with van der Waals surface area (Å²) in [6.45, 7) is 3.82. The van der Waals surface area contributed by atoms with Crippen molar-refractivity contribution in [3.8, 4) is 0 Å². The van der Waals surface area contributed by atoms with E-state index in [9.17, 15) is 9.18 Å². The fourth-order valence-electron chi connectivity index (χ4n) is 2.77. The quantitative estimate of drug-likeness (QED) is 0.775. The Labute approximate surface area is 133 Å². The van der Waals surface area contributed by atoms with Gasteiger partial charge in [-0.1, -0.05) is 0 Å². The van der Waals surface area contributed by atoms with Gasteiger partial charge in [0.1, 0.15) is 5.82 Å². The number of hydrogen-bond acceptors (Lipinski definition) is 2. The number of carbonyl (C=O) groups is 1. The number of nitrogens with zero attached hydrogens (tertiary/aromatic N) is 1. The molecule has 1 amide bonds. The topological polar surface area (TPSA) is 57.8 Å². The molecular formula is C18H18FN3O. The van der Waals surface area contributed by atoms with Crippen molar-refractivity contribution in [1.29, 1.82) is 0 Å². The first kappa shape index (κ1) is 15.2. The van der Waals surface area contributed by atoms with Crippen molar-refractivity contribution < 1.29 is 9.18 Å². The normalized spacial score (nSPS) is 12.3. The summed E-state index contributed by atoms with van der Waals surface area (Å²) in [6.07, 6.45) is 3.61. The Hall–Kier alpha value is -2.69. The van der Waals surface area contributed by atoms with Crippen molar-refractivity contribution in [2.75, 3.05) is 0 Å². The van der Waals surface area contributed by atoms with Gasteiger partial charge < -0.3 is 10.3 Å². The Morgan fingerprint density at radius 3 is 2.78 bits per heavy atom. The predicted molar refractivity (Wildman–Crippen MR) is 87.5 cm³/mol. The van der Waals surface area contributed by atoms with Crippen LogP contribution in [0.4, 0.5) is 4.39 Å². The molecule has 3 rings (SSSR count). The number of amides is 1. The third kappa shape index (κ3) is 3.23. The van der Waals surface area contributed by atoms with Gasteiger partial charge in [0.2, 0.25) is 5.91 Å². The molecule has 0 saturated carbocycles. The molecule has 1 aromatic carbocycles. The van der Waals surface area contributed by atoms with Gasteiger partial charge in [-0.15, -0.1) is 0 Å². The standard InChI is InChI=1S/C18H18FN3O/c1-11(13-5-7-20-8-6-13)22-18(23)10-15-12(2)21-17-4-3-14(19)9-16(15)17/h3-9,11,21H,10H2,1-2H3,(H,22,23). The molecule has 1 atom stereocenters. The number of rotatable bonds is 4. The van der Waals surface area contributed by atoms with Crippen molar-refractivity contribution in [2.45, 2.75) is 26.3 Å². The smallest absolute Gasteiger partial charge is 0.224 e. The Morgan fingerprint density at radius 2 is 2.04 bits per heavy atom. The van der Waals surface area contributed by atoms with Crippen LogP contribution in [0.5, 0.6) is 0 Å². The highest BCUT2D eigenvalue weighted by Gasteiger charge is 2.15. The first-order valence-electron chi connectivity index (χ1n) is 7.50. The van der Waals surface area contributed by atoms with Gasteiger partial charge >= 0.3 is 0 Å². The van der Waals surface area contributed by atoms with Crippen LogP contribution in [-0.4, -0.2) is 15.9 Å². The lowest BCUT2D eigenvalue weighted by atomic mass is 10.1. The number of aryl methyl sites for hydroxylation is 1. The zero-order valence-corrected chi connectivity index (χ0v) is 13.1. The van der Waals surface area contributed by atoms with Gasteiger partial charge in [0.05, 0.1) is 12.5 Å². The number of carbonyl (C=O) groups excluding carboxylic acids is 1. The summed E-state index contributed by atoms with van der Waals surface area (Å²) in [5.41, 5.74) is 3.56. The molecular weight excluding hydrogens is 293 g/mol. The van der Waals surface area contributed by atoms with Crippen LogP contribution in [0.2, 0.25) is 0 Å². The molecule has 2 heterocycles. The number of aromatic amines is 1. The second kappa shape index (κ2) is 6.20. The van der Waals surface area contributed by atoms with E-state index in [4.69, 9.17) is 0 Å². The van der Waals surface area contributed by atoms with E-state index >= 15 is 0 Å². The zero-order valence-electron chi connectivity index (χ0n) is 13.1. The minimum Gasteiger partial charge on any atom is -0.358 e. The molecule has 0 aliphatic carbocycles. The molecule has 4 nitrogen and oxygen atoms in total. The van der Waals surface area contributed by atoms with Crippen LogP contribution in [-0.2, 0) is 11.2 Å². The number of hydrogen-bond donors (Lipinski definition) is 2. The van der Waals surface area contributed by atoms with Gasteiger partial charge in [0, 0.05) is 29.0 Å². The maximum absolute atomic E-state index is 13.5. The van der Waals surface area contributed by atoms with Crippen LogP contribution in [0.3, 0.4) is 0 Å². The van der Waals surface area contributed by atoms with Crippen LogP contribution >= 0.6 is 0 Å². The van der Waals surface area contributed by atoms with Crippen molar-refractivity contribution in [2.24, 2.45) is 0 Å². The van der Waals surface area contributed by atoms with Gasteiger partial charge in [-0.05, 0) is 55.3 Å². The highest BCUT2D eigenvalue weighted by molar-refractivity contribution is 5.90. The summed E-state index contributed by atoms with van der Waals surface area (Å²) in [5.74, 6) is -0.397. The Morgan fingerprint density at radius 1 is 1.30 bits per heavy atom. The fourth-order valence-corrected chi connectivity index (χ4v) is 2.77. The summed E-state index contributed by atoms with van der Waals surface area (Å²) in [6, 6.07) is 8.21. The number of aromatic nitrogens is 2. The number of nitrogens with one attached hydrogen (secondary N) is 2. The Kier molecular flexibility index (Phi) is 4.10. The lowest BCUT2D eigenvalue weighted by Gasteiger charge is -2.14. The highest BCUT2D eigenvalue weighted by atomic mass is 19.1. The lowest BCUT2D eigenvalue weighted by molar-refractivity contribution is -0.121. The lowest BCUT2D eigenvalue weighted by Crippen LogP contribution is -2.28. The molecule has 23 heavy (non-hydrogen) atoms. The largest absolute Gasteiger partial charge is 0.358 e. The van der Waals surface area contributed by atoms with E-state index in [1.807, 2.05) is 26.0 Å². The van der Waals surface area contributed by atoms with E-state index < -0.39 is 0 Å². The second-order valence-electron chi connectivity index (χ2n) is 5.66. The van der Waals surface area contributed by atoms with Gasteiger partial charge in [0.25, 0.3) is 0 Å². The molecule has 0 bridgehead atoms. The van der Waals surface area contributed by atoms with E-state index in [0.717, 1.165) is 27.7 Å². The fraction of sp³-hybridized carbons (Fsp3) is 0.222. The first-order chi connectivity index (χ1) is 11.0. The maximum atomic E-state index is 13.5. The Balaban J connectivity index is 1.78. The second-order valence-corrected chi connectivity index (χ2v) is 5.66. The van der Waals surface area contributed by atoms with Crippen LogP contribution in [0.15, 0.2) is 42.7 Å². The Bertz CT molecular complexity index is 842. The molecule has 0 aliphatic rings. The zero-order chi connectivity index (χ0) is 16.4. The molecule has 0 radical (unpaired) electrons. The van der Waals surface area contributed by atoms with E-state index in [-0.39, 0.29) is 24.2 Å². The summed E-state index contributed by atoms with van der Waals surface area (Å²) >= 11 is 0. The number of halogens is 1. The molecule has 0 fully saturated rings. The van der Waals surface area contributed by atoms with Crippen molar-refractivity contribution in [3.05, 3.63) is 65.4 Å².